The highest BCUT2D eigenvalue weighted by atomic mass is 32.2. The third-order valence-electron chi connectivity index (χ3n) is 2.86. The highest BCUT2D eigenvalue weighted by Crippen LogP contribution is 2.28. The van der Waals surface area contributed by atoms with Crippen LogP contribution in [0.25, 0.3) is 0 Å². The zero-order valence-electron chi connectivity index (χ0n) is 8.31. The average Bonchev–Trinajstić information content (AvgIpc) is 2.15. The Morgan fingerprint density at radius 3 is 2.86 bits per heavy atom. The Kier molecular flexibility index (Phi) is 2.93. The van der Waals surface area contributed by atoms with Gasteiger partial charge in [-0.2, -0.15) is 0 Å². The van der Waals surface area contributed by atoms with E-state index in [-0.39, 0.29) is 0 Å². The molecule has 1 aliphatic rings. The monoisotopic (exact) mass is 209 g/mol. The van der Waals surface area contributed by atoms with Gasteiger partial charge in [-0.25, -0.2) is 0 Å². The molecule has 0 unspecified atom stereocenters. The molecule has 76 valence electrons. The first-order valence-corrected chi connectivity index (χ1v) is 5.74. The summed E-state index contributed by atoms with van der Waals surface area (Å²) in [5.74, 6) is 0. The SMILES string of the molecule is CN(c1cncc(SN)c1)C1CCC1. The van der Waals surface area contributed by atoms with Crippen molar-refractivity contribution in [2.45, 2.75) is 30.2 Å². The van der Waals surface area contributed by atoms with Crippen LogP contribution in [0.1, 0.15) is 19.3 Å². The molecule has 2 rings (SSSR count). The Morgan fingerprint density at radius 1 is 1.50 bits per heavy atom. The third kappa shape index (κ3) is 1.86. The Balaban J connectivity index is 2.13. The van der Waals surface area contributed by atoms with Crippen molar-refractivity contribution >= 4 is 17.6 Å². The second kappa shape index (κ2) is 4.19. The molecule has 1 saturated carbocycles. The molecule has 0 bridgehead atoms. The van der Waals surface area contributed by atoms with Gasteiger partial charge in [0.2, 0.25) is 0 Å². The minimum atomic E-state index is 0.704. The maximum atomic E-state index is 5.50. The van der Waals surface area contributed by atoms with E-state index in [0.29, 0.717) is 6.04 Å². The van der Waals surface area contributed by atoms with Gasteiger partial charge < -0.3 is 4.90 Å². The quantitative estimate of drug-likeness (QED) is 0.774. The van der Waals surface area contributed by atoms with Crippen molar-refractivity contribution in [1.29, 1.82) is 0 Å². The molecule has 4 heteroatoms. The van der Waals surface area contributed by atoms with Crippen molar-refractivity contribution in [2.24, 2.45) is 5.14 Å². The summed E-state index contributed by atoms with van der Waals surface area (Å²) in [6, 6.07) is 2.80. The highest BCUT2D eigenvalue weighted by molar-refractivity contribution is 7.97. The van der Waals surface area contributed by atoms with Crippen LogP contribution in [0.2, 0.25) is 0 Å². The van der Waals surface area contributed by atoms with E-state index in [1.165, 1.54) is 36.9 Å². The zero-order valence-corrected chi connectivity index (χ0v) is 9.13. The van der Waals surface area contributed by atoms with Crippen LogP contribution < -0.4 is 10.0 Å². The Hall–Kier alpha value is -0.740. The minimum absolute atomic E-state index is 0.704. The van der Waals surface area contributed by atoms with Crippen molar-refractivity contribution in [2.75, 3.05) is 11.9 Å². The predicted octanol–water partition coefficient (Wildman–Crippen LogP) is 2.04. The lowest BCUT2D eigenvalue weighted by Crippen LogP contribution is -2.37. The topological polar surface area (TPSA) is 42.2 Å². The molecule has 0 spiro atoms. The van der Waals surface area contributed by atoms with Crippen LogP contribution in [0, 0.1) is 0 Å². The van der Waals surface area contributed by atoms with E-state index >= 15 is 0 Å². The molecule has 14 heavy (non-hydrogen) atoms. The maximum Gasteiger partial charge on any atom is 0.0564 e. The lowest BCUT2D eigenvalue weighted by molar-refractivity contribution is 0.401. The molecule has 0 aliphatic heterocycles. The van der Waals surface area contributed by atoms with Gasteiger partial charge in [-0.3, -0.25) is 10.1 Å². The molecule has 1 aliphatic carbocycles. The summed E-state index contributed by atoms with van der Waals surface area (Å²) in [6.45, 7) is 0. The fourth-order valence-electron chi connectivity index (χ4n) is 1.65. The summed E-state index contributed by atoms with van der Waals surface area (Å²) in [7, 11) is 2.13. The first-order valence-electron chi connectivity index (χ1n) is 4.86. The van der Waals surface area contributed by atoms with Crippen molar-refractivity contribution in [3.63, 3.8) is 0 Å². The number of nitrogens with two attached hydrogens (primary N) is 1. The molecule has 1 aromatic heterocycles. The first kappa shape index (κ1) is 9.80. The van der Waals surface area contributed by atoms with Crippen LogP contribution in [-0.4, -0.2) is 18.1 Å². The standard InChI is InChI=1S/C10H15N3S/c1-13(8-3-2-4-8)9-5-10(14-11)7-12-6-9/h5-8H,2-4,11H2,1H3. The summed E-state index contributed by atoms with van der Waals surface area (Å²) in [5.41, 5.74) is 1.17. The number of hydrogen-bond acceptors (Lipinski definition) is 4. The van der Waals surface area contributed by atoms with Crippen LogP contribution in [0.15, 0.2) is 23.4 Å². The Bertz CT molecular complexity index is 312. The molecular formula is C10H15N3S. The lowest BCUT2D eigenvalue weighted by Gasteiger charge is -2.36. The van der Waals surface area contributed by atoms with Gasteiger partial charge in [0.05, 0.1) is 11.9 Å². The molecular weight excluding hydrogens is 194 g/mol. The van der Waals surface area contributed by atoms with E-state index in [0.717, 1.165) is 4.90 Å². The van der Waals surface area contributed by atoms with Crippen LogP contribution in [0.4, 0.5) is 5.69 Å². The number of nitrogens with zero attached hydrogens (tertiary/aromatic N) is 2. The molecule has 0 aromatic carbocycles. The lowest BCUT2D eigenvalue weighted by atomic mass is 9.92. The molecule has 0 radical (unpaired) electrons. The number of hydrogen-bond donors (Lipinski definition) is 1. The Morgan fingerprint density at radius 2 is 2.29 bits per heavy atom. The minimum Gasteiger partial charge on any atom is -0.370 e. The summed E-state index contributed by atoms with van der Waals surface area (Å²) >= 11 is 1.25. The Labute approximate surface area is 88.8 Å². The van der Waals surface area contributed by atoms with E-state index in [4.69, 9.17) is 5.14 Å². The molecule has 3 nitrogen and oxygen atoms in total. The smallest absolute Gasteiger partial charge is 0.0564 e. The molecule has 1 heterocycles. The van der Waals surface area contributed by atoms with Gasteiger partial charge in [0.15, 0.2) is 0 Å². The molecule has 0 atom stereocenters. The van der Waals surface area contributed by atoms with Gasteiger partial charge in [0.25, 0.3) is 0 Å². The number of aromatic nitrogens is 1. The fourth-order valence-corrected chi connectivity index (χ4v) is 1.96. The maximum absolute atomic E-state index is 5.50. The molecule has 2 N–H and O–H groups in total. The van der Waals surface area contributed by atoms with Crippen molar-refractivity contribution < 1.29 is 0 Å². The predicted molar refractivity (Wildman–Crippen MR) is 60.3 cm³/mol. The highest BCUT2D eigenvalue weighted by Gasteiger charge is 2.22. The van der Waals surface area contributed by atoms with Gasteiger partial charge in [-0.1, -0.05) is 0 Å². The summed E-state index contributed by atoms with van der Waals surface area (Å²) in [6.07, 6.45) is 7.65. The molecule has 0 saturated heterocycles. The van der Waals surface area contributed by atoms with Crippen molar-refractivity contribution in [1.82, 2.24) is 4.98 Å². The third-order valence-corrected chi connectivity index (χ3v) is 3.36. The zero-order chi connectivity index (χ0) is 9.97. The molecule has 0 amide bonds. The summed E-state index contributed by atoms with van der Waals surface area (Å²) < 4.78 is 0. The van der Waals surface area contributed by atoms with E-state index in [1.807, 2.05) is 6.20 Å². The number of rotatable bonds is 3. The summed E-state index contributed by atoms with van der Waals surface area (Å²) in [5, 5.41) is 5.50. The molecule has 1 fully saturated rings. The normalized spacial score (nSPS) is 16.4. The molecule has 1 aromatic rings. The van der Waals surface area contributed by atoms with Crippen molar-refractivity contribution in [3.05, 3.63) is 18.5 Å². The van der Waals surface area contributed by atoms with Crippen LogP contribution in [0.3, 0.4) is 0 Å². The van der Waals surface area contributed by atoms with E-state index in [2.05, 4.69) is 23.0 Å². The fraction of sp³-hybridized carbons (Fsp3) is 0.500. The largest absolute Gasteiger partial charge is 0.370 e. The van der Waals surface area contributed by atoms with Gasteiger partial charge >= 0.3 is 0 Å². The average molecular weight is 209 g/mol. The first-order chi connectivity index (χ1) is 6.81. The summed E-state index contributed by atoms with van der Waals surface area (Å²) in [4.78, 5) is 7.50. The number of anilines is 1. The van der Waals surface area contributed by atoms with Crippen LogP contribution >= 0.6 is 11.9 Å². The van der Waals surface area contributed by atoms with Gasteiger partial charge in [-0.15, -0.1) is 0 Å². The van der Waals surface area contributed by atoms with E-state index in [1.54, 1.807) is 6.20 Å². The number of pyridine rings is 1. The van der Waals surface area contributed by atoms with Gasteiger partial charge in [0, 0.05) is 24.2 Å². The van der Waals surface area contributed by atoms with Crippen LogP contribution in [0.5, 0.6) is 0 Å². The second-order valence-electron chi connectivity index (χ2n) is 3.69. The van der Waals surface area contributed by atoms with Gasteiger partial charge in [-0.05, 0) is 37.3 Å². The van der Waals surface area contributed by atoms with Gasteiger partial charge in [0.1, 0.15) is 0 Å². The van der Waals surface area contributed by atoms with E-state index in [9.17, 15) is 0 Å². The van der Waals surface area contributed by atoms with Crippen LogP contribution in [-0.2, 0) is 0 Å². The van der Waals surface area contributed by atoms with E-state index < -0.39 is 0 Å². The second-order valence-corrected chi connectivity index (χ2v) is 4.40. The van der Waals surface area contributed by atoms with Crippen molar-refractivity contribution in [3.8, 4) is 0 Å².